The highest BCUT2D eigenvalue weighted by atomic mass is 19.1. The summed E-state index contributed by atoms with van der Waals surface area (Å²) in [6.45, 7) is 2.50. The van der Waals surface area contributed by atoms with Crippen molar-refractivity contribution in [1.82, 2.24) is 4.90 Å². The van der Waals surface area contributed by atoms with Crippen LogP contribution in [0.2, 0.25) is 0 Å². The van der Waals surface area contributed by atoms with Crippen LogP contribution in [0.5, 0.6) is 17.2 Å². The fourth-order valence-electron chi connectivity index (χ4n) is 3.97. The van der Waals surface area contributed by atoms with E-state index in [4.69, 9.17) is 14.2 Å². The zero-order chi connectivity index (χ0) is 24.9. The molecule has 1 aliphatic heterocycles. The predicted molar refractivity (Wildman–Crippen MR) is 129 cm³/mol. The van der Waals surface area contributed by atoms with E-state index < -0.39 is 6.10 Å². The third kappa shape index (κ3) is 5.37. The van der Waals surface area contributed by atoms with E-state index >= 15 is 0 Å². The Morgan fingerprint density at radius 2 is 1.86 bits per heavy atom. The van der Waals surface area contributed by atoms with E-state index in [1.54, 1.807) is 60.5 Å². The Bertz CT molecular complexity index is 1230. The molecule has 0 saturated heterocycles. The van der Waals surface area contributed by atoms with Gasteiger partial charge >= 0.3 is 0 Å². The number of nitrogens with zero attached hydrogens (tertiary/aromatic N) is 1. The first-order chi connectivity index (χ1) is 16.9. The maximum atomic E-state index is 13.3. The number of fused-ring (bicyclic) bond motifs is 1. The monoisotopic (exact) mass is 478 g/mol. The quantitative estimate of drug-likeness (QED) is 0.528. The molecular formula is C27H27FN2O5. The molecule has 0 aromatic heterocycles. The molecule has 35 heavy (non-hydrogen) atoms. The van der Waals surface area contributed by atoms with E-state index in [1.165, 1.54) is 19.2 Å². The second-order valence-electron chi connectivity index (χ2n) is 8.18. The van der Waals surface area contributed by atoms with Crippen molar-refractivity contribution in [3.8, 4) is 17.2 Å². The van der Waals surface area contributed by atoms with Crippen LogP contribution < -0.4 is 19.5 Å². The van der Waals surface area contributed by atoms with Gasteiger partial charge in [0.2, 0.25) is 0 Å². The first kappa shape index (κ1) is 24.1. The molecule has 0 aliphatic carbocycles. The Kier molecular flexibility index (Phi) is 7.19. The number of ether oxygens (including phenoxy) is 3. The zero-order valence-electron chi connectivity index (χ0n) is 19.8. The molecule has 0 radical (unpaired) electrons. The Labute approximate surface area is 203 Å². The van der Waals surface area contributed by atoms with Gasteiger partial charge in [-0.2, -0.15) is 0 Å². The molecule has 1 aliphatic rings. The molecule has 7 nitrogen and oxygen atoms in total. The van der Waals surface area contributed by atoms with Crippen molar-refractivity contribution in [2.75, 3.05) is 19.5 Å². The van der Waals surface area contributed by atoms with Crippen molar-refractivity contribution in [2.24, 2.45) is 0 Å². The van der Waals surface area contributed by atoms with Crippen LogP contribution in [-0.2, 0) is 17.9 Å². The molecule has 0 spiro atoms. The number of amides is 2. The van der Waals surface area contributed by atoms with Crippen molar-refractivity contribution >= 4 is 17.5 Å². The number of hydrogen-bond acceptors (Lipinski definition) is 5. The van der Waals surface area contributed by atoms with E-state index in [-0.39, 0.29) is 24.2 Å². The van der Waals surface area contributed by atoms with E-state index in [9.17, 15) is 14.0 Å². The molecule has 2 amide bonds. The van der Waals surface area contributed by atoms with Gasteiger partial charge in [-0.05, 0) is 54.4 Å². The van der Waals surface area contributed by atoms with Crippen molar-refractivity contribution in [1.29, 1.82) is 0 Å². The fourth-order valence-corrected chi connectivity index (χ4v) is 3.97. The first-order valence-electron chi connectivity index (χ1n) is 11.3. The number of hydrogen-bond donors (Lipinski definition) is 1. The summed E-state index contributed by atoms with van der Waals surface area (Å²) in [5.41, 5.74) is 2.49. The van der Waals surface area contributed by atoms with Gasteiger partial charge in [0.1, 0.15) is 23.1 Å². The predicted octanol–water partition coefficient (Wildman–Crippen LogP) is 4.80. The van der Waals surface area contributed by atoms with Gasteiger partial charge in [-0.3, -0.25) is 9.59 Å². The maximum Gasteiger partial charge on any atom is 0.264 e. The Morgan fingerprint density at radius 1 is 1.09 bits per heavy atom. The SMILES string of the molecule is CCC1Oc2ccc(NC(=O)c3ccc(OC)cc3OC)cc2CN(Cc2ccc(F)cc2)C1=O. The van der Waals surface area contributed by atoms with Crippen molar-refractivity contribution in [3.05, 3.63) is 83.2 Å². The third-order valence-electron chi connectivity index (χ3n) is 5.85. The van der Waals surface area contributed by atoms with Crippen LogP contribution in [0.1, 0.15) is 34.8 Å². The van der Waals surface area contributed by atoms with Crippen LogP contribution in [0, 0.1) is 5.82 Å². The molecule has 4 rings (SSSR count). The number of benzene rings is 3. The second kappa shape index (κ2) is 10.5. The molecule has 182 valence electrons. The van der Waals surface area contributed by atoms with E-state index in [0.717, 1.165) is 11.1 Å². The first-order valence-corrected chi connectivity index (χ1v) is 11.3. The highest BCUT2D eigenvalue weighted by Crippen LogP contribution is 2.31. The number of halogens is 1. The lowest BCUT2D eigenvalue weighted by atomic mass is 10.1. The standard InChI is InChI=1S/C27H27FN2O5/c1-4-23-27(32)30(15-17-5-7-19(28)8-6-17)16-18-13-20(9-12-24(18)35-23)29-26(31)22-11-10-21(33-2)14-25(22)34-3/h5-14,23H,4,15-16H2,1-3H3,(H,29,31). The maximum absolute atomic E-state index is 13.3. The minimum atomic E-state index is -0.624. The normalized spacial score (nSPS) is 15.0. The number of rotatable bonds is 7. The number of carbonyl (C=O) groups is 2. The van der Waals surface area contributed by atoms with Gasteiger partial charge in [0.25, 0.3) is 11.8 Å². The molecule has 1 atom stereocenters. The number of anilines is 1. The number of carbonyl (C=O) groups excluding carboxylic acids is 2. The molecule has 1 N–H and O–H groups in total. The lowest BCUT2D eigenvalue weighted by Gasteiger charge is -2.23. The molecule has 3 aromatic rings. The van der Waals surface area contributed by atoms with Gasteiger partial charge in [0, 0.05) is 30.4 Å². The van der Waals surface area contributed by atoms with Crippen molar-refractivity contribution in [2.45, 2.75) is 32.5 Å². The van der Waals surface area contributed by atoms with Gasteiger partial charge in [-0.15, -0.1) is 0 Å². The van der Waals surface area contributed by atoms with Crippen LogP contribution in [0.4, 0.5) is 10.1 Å². The molecular weight excluding hydrogens is 451 g/mol. The highest BCUT2D eigenvalue weighted by molar-refractivity contribution is 6.06. The van der Waals surface area contributed by atoms with Gasteiger partial charge in [-0.1, -0.05) is 19.1 Å². The van der Waals surface area contributed by atoms with Crippen LogP contribution in [0.25, 0.3) is 0 Å². The van der Waals surface area contributed by atoms with E-state index in [1.807, 2.05) is 6.92 Å². The molecule has 0 saturated carbocycles. The number of methoxy groups -OCH3 is 2. The third-order valence-corrected chi connectivity index (χ3v) is 5.85. The summed E-state index contributed by atoms with van der Waals surface area (Å²) in [7, 11) is 3.03. The van der Waals surface area contributed by atoms with Gasteiger partial charge in [0.15, 0.2) is 6.10 Å². The summed E-state index contributed by atoms with van der Waals surface area (Å²) in [4.78, 5) is 27.8. The van der Waals surface area contributed by atoms with Crippen LogP contribution in [0.3, 0.4) is 0 Å². The summed E-state index contributed by atoms with van der Waals surface area (Å²) in [6.07, 6.45) is -0.116. The van der Waals surface area contributed by atoms with E-state index in [2.05, 4.69) is 5.32 Å². The van der Waals surface area contributed by atoms with Gasteiger partial charge in [0.05, 0.1) is 19.8 Å². The summed E-state index contributed by atoms with van der Waals surface area (Å²) in [5, 5.41) is 2.89. The molecule has 0 fully saturated rings. The molecule has 3 aromatic carbocycles. The Hall–Kier alpha value is -4.07. The molecule has 0 bridgehead atoms. The lowest BCUT2D eigenvalue weighted by molar-refractivity contribution is -0.139. The zero-order valence-corrected chi connectivity index (χ0v) is 19.8. The molecule has 1 unspecified atom stereocenters. The summed E-state index contributed by atoms with van der Waals surface area (Å²) >= 11 is 0. The summed E-state index contributed by atoms with van der Waals surface area (Å²) in [5.74, 6) is 0.752. The second-order valence-corrected chi connectivity index (χ2v) is 8.18. The minimum Gasteiger partial charge on any atom is -0.497 e. The molecule has 1 heterocycles. The summed E-state index contributed by atoms with van der Waals surface area (Å²) < 4.78 is 29.9. The van der Waals surface area contributed by atoms with Gasteiger partial charge in [-0.25, -0.2) is 4.39 Å². The highest BCUT2D eigenvalue weighted by Gasteiger charge is 2.30. The Morgan fingerprint density at radius 3 is 2.54 bits per heavy atom. The summed E-state index contributed by atoms with van der Waals surface area (Å²) in [6, 6.07) is 16.3. The molecule has 8 heteroatoms. The fraction of sp³-hybridized carbons (Fsp3) is 0.259. The van der Waals surface area contributed by atoms with Crippen LogP contribution in [-0.4, -0.2) is 37.0 Å². The topological polar surface area (TPSA) is 77.1 Å². The minimum absolute atomic E-state index is 0.137. The Balaban J connectivity index is 1.58. The average Bonchev–Trinajstić information content (AvgIpc) is 3.00. The van der Waals surface area contributed by atoms with Crippen LogP contribution in [0.15, 0.2) is 60.7 Å². The van der Waals surface area contributed by atoms with Crippen molar-refractivity contribution in [3.63, 3.8) is 0 Å². The van der Waals surface area contributed by atoms with Crippen LogP contribution >= 0.6 is 0 Å². The largest absolute Gasteiger partial charge is 0.497 e. The average molecular weight is 479 g/mol. The number of nitrogens with one attached hydrogen (secondary N) is 1. The smallest absolute Gasteiger partial charge is 0.264 e. The van der Waals surface area contributed by atoms with Crippen molar-refractivity contribution < 1.29 is 28.2 Å². The van der Waals surface area contributed by atoms with E-state index in [0.29, 0.717) is 41.5 Å². The lowest BCUT2D eigenvalue weighted by Crippen LogP contribution is -2.38. The van der Waals surface area contributed by atoms with Gasteiger partial charge < -0.3 is 24.4 Å².